The van der Waals surface area contributed by atoms with E-state index in [-0.39, 0.29) is 16.8 Å². The Bertz CT molecular complexity index is 1060. The Hall–Kier alpha value is -3.09. The summed E-state index contributed by atoms with van der Waals surface area (Å²) in [6, 6.07) is 27.6. The van der Waals surface area contributed by atoms with Crippen molar-refractivity contribution >= 4 is 24.8 Å². The number of hydrogen-bond donors (Lipinski definition) is 2. The fourth-order valence-corrected chi connectivity index (χ4v) is 9.14. The Morgan fingerprint density at radius 3 is 1.78 bits per heavy atom. The van der Waals surface area contributed by atoms with Crippen LogP contribution in [0.4, 0.5) is 4.79 Å². The van der Waals surface area contributed by atoms with E-state index in [0.29, 0.717) is 13.0 Å². The van der Waals surface area contributed by atoms with Crippen molar-refractivity contribution in [1.82, 2.24) is 5.32 Å². The number of nitrogens with one attached hydrogen (secondary N) is 1. The van der Waals surface area contributed by atoms with Crippen LogP contribution in [0.1, 0.15) is 47.1 Å². The number of aromatic hydroxyl groups is 1. The number of phenolic OH excluding ortho intramolecular Hbond substituents is 1. The predicted octanol–water partition coefficient (Wildman–Crippen LogP) is 5.40. The Kier molecular flexibility index (Phi) is 8.64. The Morgan fingerprint density at radius 2 is 1.33 bits per heavy atom. The fourth-order valence-electron chi connectivity index (χ4n) is 4.53. The van der Waals surface area contributed by atoms with Crippen LogP contribution in [0, 0.1) is 0 Å². The first-order chi connectivity index (χ1) is 16.9. The van der Waals surface area contributed by atoms with Crippen molar-refractivity contribution in [2.24, 2.45) is 0 Å². The number of benzene rings is 3. The zero-order valence-corrected chi connectivity index (χ0v) is 23.2. The van der Waals surface area contributed by atoms with Crippen molar-refractivity contribution in [3.8, 4) is 5.75 Å². The highest BCUT2D eigenvalue weighted by molar-refractivity contribution is 6.99. The van der Waals surface area contributed by atoms with Crippen molar-refractivity contribution in [2.45, 2.75) is 64.6 Å². The van der Waals surface area contributed by atoms with Crippen LogP contribution in [0.15, 0.2) is 84.9 Å². The van der Waals surface area contributed by atoms with Gasteiger partial charge in [-0.3, -0.25) is 0 Å². The van der Waals surface area contributed by atoms with E-state index in [9.17, 15) is 9.90 Å². The van der Waals surface area contributed by atoms with Gasteiger partial charge in [0, 0.05) is 0 Å². The molecule has 3 aromatic carbocycles. The van der Waals surface area contributed by atoms with Gasteiger partial charge >= 0.3 is 6.09 Å². The number of amides is 1. The number of hydrogen-bond acceptors (Lipinski definition) is 4. The second-order valence-electron chi connectivity index (χ2n) is 11.2. The van der Waals surface area contributed by atoms with Crippen molar-refractivity contribution in [3.05, 3.63) is 90.5 Å². The highest BCUT2D eigenvalue weighted by atomic mass is 28.4. The summed E-state index contributed by atoms with van der Waals surface area (Å²) in [7, 11) is -2.77. The third kappa shape index (κ3) is 6.99. The Balaban J connectivity index is 1.98. The molecule has 2 N–H and O–H groups in total. The SMILES string of the molecule is CC(C)(C)OC(=O)N[C@H](CO[Si](c1ccccc1)(c1ccccc1)C(C)(C)C)Cc1ccc(O)cc1. The lowest BCUT2D eigenvalue weighted by Gasteiger charge is -2.43. The molecule has 1 atom stereocenters. The van der Waals surface area contributed by atoms with Gasteiger partial charge in [-0.2, -0.15) is 0 Å². The van der Waals surface area contributed by atoms with E-state index in [0.717, 1.165) is 5.56 Å². The lowest BCUT2D eigenvalue weighted by molar-refractivity contribution is 0.0486. The number of rotatable bonds is 8. The van der Waals surface area contributed by atoms with Gasteiger partial charge in [0.1, 0.15) is 11.4 Å². The van der Waals surface area contributed by atoms with Gasteiger partial charge in [0.2, 0.25) is 0 Å². The van der Waals surface area contributed by atoms with E-state index in [1.807, 2.05) is 45.0 Å². The van der Waals surface area contributed by atoms with Gasteiger partial charge in [0.15, 0.2) is 0 Å². The van der Waals surface area contributed by atoms with Gasteiger partial charge in [0.05, 0.1) is 12.6 Å². The summed E-state index contributed by atoms with van der Waals surface area (Å²) >= 11 is 0. The van der Waals surface area contributed by atoms with Gasteiger partial charge in [-0.15, -0.1) is 0 Å². The van der Waals surface area contributed by atoms with Crippen LogP contribution in [0.2, 0.25) is 5.04 Å². The van der Waals surface area contributed by atoms with Crippen LogP contribution in [0.3, 0.4) is 0 Å². The molecule has 0 spiro atoms. The summed E-state index contributed by atoms with van der Waals surface area (Å²) < 4.78 is 12.6. The minimum Gasteiger partial charge on any atom is -0.508 e. The number of carbonyl (C=O) groups excluding carboxylic acids is 1. The lowest BCUT2D eigenvalue weighted by Crippen LogP contribution is -2.67. The van der Waals surface area contributed by atoms with E-state index >= 15 is 0 Å². The minimum absolute atomic E-state index is 0.176. The van der Waals surface area contributed by atoms with Crippen molar-refractivity contribution in [3.63, 3.8) is 0 Å². The molecule has 0 aromatic heterocycles. The molecule has 6 heteroatoms. The van der Waals surface area contributed by atoms with E-state index in [2.05, 4.69) is 74.6 Å². The quantitative estimate of drug-likeness (QED) is 0.402. The maximum Gasteiger partial charge on any atom is 0.407 e. The summed E-state index contributed by atoms with van der Waals surface area (Å²) in [6.45, 7) is 12.6. The first-order valence-corrected chi connectivity index (χ1v) is 14.3. The second kappa shape index (κ2) is 11.3. The highest BCUT2D eigenvalue weighted by Crippen LogP contribution is 2.37. The van der Waals surface area contributed by atoms with E-state index in [4.69, 9.17) is 9.16 Å². The summed E-state index contributed by atoms with van der Waals surface area (Å²) in [5.74, 6) is 0.207. The van der Waals surface area contributed by atoms with E-state index in [1.165, 1.54) is 10.4 Å². The average Bonchev–Trinajstić information content (AvgIpc) is 2.80. The number of ether oxygens (including phenoxy) is 1. The minimum atomic E-state index is -2.77. The Labute approximate surface area is 216 Å². The predicted molar refractivity (Wildman–Crippen MR) is 149 cm³/mol. The zero-order chi connectivity index (χ0) is 26.4. The topological polar surface area (TPSA) is 67.8 Å². The van der Waals surface area contributed by atoms with Crippen LogP contribution in [-0.4, -0.2) is 37.8 Å². The van der Waals surface area contributed by atoms with Crippen molar-refractivity contribution < 1.29 is 19.1 Å². The number of carbonyl (C=O) groups is 1. The molecule has 0 fully saturated rings. The fraction of sp³-hybridized carbons (Fsp3) is 0.367. The molecule has 0 unspecified atom stereocenters. The van der Waals surface area contributed by atoms with Crippen LogP contribution >= 0.6 is 0 Å². The molecule has 3 aromatic rings. The maximum atomic E-state index is 12.8. The molecule has 0 radical (unpaired) electrons. The maximum absolute atomic E-state index is 12.8. The van der Waals surface area contributed by atoms with Crippen LogP contribution in [0.25, 0.3) is 0 Å². The molecule has 0 saturated carbocycles. The van der Waals surface area contributed by atoms with Crippen LogP contribution < -0.4 is 15.7 Å². The summed E-state index contributed by atoms with van der Waals surface area (Å²) in [6.07, 6.45) is 0.0647. The molecular formula is C30H39NO4Si. The van der Waals surface area contributed by atoms with Crippen LogP contribution in [0.5, 0.6) is 5.75 Å². The van der Waals surface area contributed by atoms with Crippen molar-refractivity contribution in [2.75, 3.05) is 6.61 Å². The molecule has 0 aliphatic heterocycles. The third-order valence-electron chi connectivity index (χ3n) is 6.06. The van der Waals surface area contributed by atoms with Gasteiger partial charge in [-0.25, -0.2) is 4.79 Å². The molecule has 0 heterocycles. The first kappa shape index (κ1) is 27.5. The molecule has 0 aliphatic rings. The van der Waals surface area contributed by atoms with Crippen molar-refractivity contribution in [1.29, 1.82) is 0 Å². The zero-order valence-electron chi connectivity index (χ0n) is 22.2. The standard InChI is InChI=1S/C30H39NO4Si/c1-29(2,3)35-28(33)31-24(21-23-17-19-25(32)20-18-23)22-34-36(30(4,5)6,26-13-9-7-10-14-26)27-15-11-8-12-16-27/h7-20,24,32H,21-22H2,1-6H3,(H,31,33)/t24-/m0/s1. The molecule has 36 heavy (non-hydrogen) atoms. The summed E-state index contributed by atoms with van der Waals surface area (Å²) in [5.41, 5.74) is 0.381. The normalized spacial score (nSPS) is 13.2. The summed E-state index contributed by atoms with van der Waals surface area (Å²) in [4.78, 5) is 12.8. The molecule has 0 bridgehead atoms. The van der Waals surface area contributed by atoms with Gasteiger partial charge in [0.25, 0.3) is 8.32 Å². The van der Waals surface area contributed by atoms with Gasteiger partial charge in [-0.05, 0) is 60.3 Å². The third-order valence-corrected chi connectivity index (χ3v) is 11.1. The lowest BCUT2D eigenvalue weighted by atomic mass is 10.1. The van der Waals surface area contributed by atoms with E-state index in [1.54, 1.807) is 12.1 Å². The largest absolute Gasteiger partial charge is 0.508 e. The van der Waals surface area contributed by atoms with Crippen LogP contribution in [-0.2, 0) is 15.6 Å². The molecule has 5 nitrogen and oxygen atoms in total. The van der Waals surface area contributed by atoms with Gasteiger partial charge in [-0.1, -0.05) is 93.6 Å². The molecule has 192 valence electrons. The molecule has 3 rings (SSSR count). The average molecular weight is 506 g/mol. The smallest absolute Gasteiger partial charge is 0.407 e. The van der Waals surface area contributed by atoms with Gasteiger partial charge < -0.3 is 19.6 Å². The number of phenols is 1. The first-order valence-electron chi connectivity index (χ1n) is 12.4. The van der Waals surface area contributed by atoms with E-state index < -0.39 is 20.0 Å². The monoisotopic (exact) mass is 505 g/mol. The molecule has 0 saturated heterocycles. The highest BCUT2D eigenvalue weighted by Gasteiger charge is 2.50. The molecular weight excluding hydrogens is 466 g/mol. The Morgan fingerprint density at radius 1 is 0.833 bits per heavy atom. The second-order valence-corrected chi connectivity index (χ2v) is 15.5. The molecule has 0 aliphatic carbocycles. The molecule has 1 amide bonds. The summed E-state index contributed by atoms with van der Waals surface area (Å²) in [5, 5.41) is 14.9. The number of alkyl carbamates (subject to hydrolysis) is 1.